The normalized spacial score (nSPS) is 10.5. The van der Waals surface area contributed by atoms with E-state index in [1.807, 2.05) is 6.92 Å². The molecule has 0 atom stereocenters. The highest BCUT2D eigenvalue weighted by Gasteiger charge is 2.23. The number of carbonyl (C=O) groups excluding carboxylic acids is 1. The molecule has 0 bridgehead atoms. The van der Waals surface area contributed by atoms with E-state index in [1.54, 1.807) is 24.3 Å². The maximum Gasteiger partial charge on any atom is 0.323 e. The summed E-state index contributed by atoms with van der Waals surface area (Å²) in [5.41, 5.74) is 1.44. The first-order valence-corrected chi connectivity index (χ1v) is 6.99. The second-order valence-electron chi connectivity index (χ2n) is 4.68. The molecule has 1 aromatic carbocycles. The van der Waals surface area contributed by atoms with Crippen molar-refractivity contribution in [2.45, 2.75) is 13.3 Å². The van der Waals surface area contributed by atoms with Crippen LogP contribution in [0.2, 0.25) is 5.02 Å². The Kier molecular flexibility index (Phi) is 4.77. The van der Waals surface area contributed by atoms with Crippen LogP contribution in [0, 0.1) is 0 Å². The fourth-order valence-electron chi connectivity index (χ4n) is 2.06. The molecule has 0 spiro atoms. The maximum absolute atomic E-state index is 12.3. The summed E-state index contributed by atoms with van der Waals surface area (Å²) in [6.07, 6.45) is 0.515. The Hall–Kier alpha value is -2.41. The molecule has 1 amide bonds. The molecule has 0 radical (unpaired) electrons. The van der Waals surface area contributed by atoms with E-state index < -0.39 is 18.4 Å². The predicted octanol–water partition coefficient (Wildman–Crippen LogP) is 1.64. The van der Waals surface area contributed by atoms with Crippen molar-refractivity contribution in [3.05, 3.63) is 40.7 Å². The first-order chi connectivity index (χ1) is 10.4. The van der Waals surface area contributed by atoms with Gasteiger partial charge in [0.15, 0.2) is 5.69 Å². The first-order valence-electron chi connectivity index (χ1n) is 6.61. The van der Waals surface area contributed by atoms with E-state index >= 15 is 0 Å². The summed E-state index contributed by atoms with van der Waals surface area (Å²) in [5.74, 6) is -1.57. The Balaban J connectivity index is 2.39. The summed E-state index contributed by atoms with van der Waals surface area (Å²) in [6.45, 7) is 1.47. The lowest BCUT2D eigenvalue weighted by molar-refractivity contribution is -0.137. The van der Waals surface area contributed by atoms with Gasteiger partial charge in [0, 0.05) is 12.1 Å². The third-order valence-electron chi connectivity index (χ3n) is 3.07. The lowest BCUT2D eigenvalue weighted by atomic mass is 10.2. The molecule has 8 heteroatoms. The van der Waals surface area contributed by atoms with Crippen LogP contribution in [0.3, 0.4) is 0 Å². The van der Waals surface area contributed by atoms with E-state index in [2.05, 4.69) is 10.3 Å². The number of amides is 1. The average molecular weight is 323 g/mol. The highest BCUT2D eigenvalue weighted by atomic mass is 35.5. The molecule has 1 N–H and O–H groups in total. The van der Waals surface area contributed by atoms with Crippen LogP contribution in [-0.2, 0) is 11.2 Å². The van der Waals surface area contributed by atoms with E-state index in [9.17, 15) is 9.59 Å². The fourth-order valence-corrected chi connectivity index (χ4v) is 2.24. The molecule has 0 unspecified atom stereocenters. The van der Waals surface area contributed by atoms with Crippen LogP contribution in [0.5, 0.6) is 0 Å². The number of benzene rings is 1. The van der Waals surface area contributed by atoms with Crippen LogP contribution in [0.25, 0.3) is 5.69 Å². The zero-order valence-corrected chi connectivity index (χ0v) is 12.9. The third-order valence-corrected chi connectivity index (χ3v) is 3.31. The number of halogens is 1. The number of hydrogen-bond acceptors (Lipinski definition) is 4. The Morgan fingerprint density at radius 1 is 1.41 bits per heavy atom. The molecule has 1 heterocycles. The number of aromatic nitrogens is 3. The summed E-state index contributed by atoms with van der Waals surface area (Å²) in [7, 11) is 1.41. The van der Waals surface area contributed by atoms with Gasteiger partial charge < -0.3 is 10.0 Å². The molecular formula is C14H15ClN4O3. The lowest BCUT2D eigenvalue weighted by Crippen LogP contribution is -2.32. The van der Waals surface area contributed by atoms with Gasteiger partial charge in [-0.2, -0.15) is 0 Å². The van der Waals surface area contributed by atoms with Crippen molar-refractivity contribution in [2.75, 3.05) is 13.6 Å². The molecule has 0 aliphatic heterocycles. The summed E-state index contributed by atoms with van der Waals surface area (Å²) >= 11 is 5.97. The van der Waals surface area contributed by atoms with Gasteiger partial charge in [0.05, 0.1) is 11.4 Å². The monoisotopic (exact) mass is 322 g/mol. The fraction of sp³-hybridized carbons (Fsp3) is 0.286. The number of aliphatic carboxylic acids is 1. The smallest absolute Gasteiger partial charge is 0.323 e. The molecule has 1 aromatic heterocycles. The molecule has 2 aromatic rings. The number of nitrogens with zero attached hydrogens (tertiary/aromatic N) is 4. The minimum absolute atomic E-state index is 0.145. The first kappa shape index (κ1) is 16.0. The summed E-state index contributed by atoms with van der Waals surface area (Å²) in [5, 5.41) is 17.2. The highest BCUT2D eigenvalue weighted by Crippen LogP contribution is 2.18. The van der Waals surface area contributed by atoms with Gasteiger partial charge in [-0.15, -0.1) is 5.10 Å². The van der Waals surface area contributed by atoms with E-state index in [0.29, 0.717) is 22.8 Å². The number of carboxylic acids is 1. The van der Waals surface area contributed by atoms with Crippen molar-refractivity contribution < 1.29 is 14.7 Å². The van der Waals surface area contributed by atoms with Crippen LogP contribution in [-0.4, -0.2) is 50.5 Å². The van der Waals surface area contributed by atoms with E-state index in [1.165, 1.54) is 11.7 Å². The Labute approximate surface area is 132 Å². The van der Waals surface area contributed by atoms with Gasteiger partial charge in [0.25, 0.3) is 5.91 Å². The van der Waals surface area contributed by atoms with Crippen molar-refractivity contribution in [1.29, 1.82) is 0 Å². The molecule has 116 valence electrons. The van der Waals surface area contributed by atoms with Crippen LogP contribution in [0.1, 0.15) is 23.1 Å². The Morgan fingerprint density at radius 2 is 2.14 bits per heavy atom. The molecular weight excluding hydrogens is 308 g/mol. The standard InChI is InChI=1S/C14H15ClN4O3/c1-3-11-13(14(22)18(2)8-12(20)21)16-17-19(11)10-6-4-5-9(15)7-10/h4-7H,3,8H2,1-2H3,(H,20,21). The second kappa shape index (κ2) is 6.57. The lowest BCUT2D eigenvalue weighted by Gasteiger charge is -2.13. The average Bonchev–Trinajstić information content (AvgIpc) is 2.89. The molecule has 0 fully saturated rings. The zero-order chi connectivity index (χ0) is 16.3. The summed E-state index contributed by atoms with van der Waals surface area (Å²) in [4.78, 5) is 24.1. The Bertz CT molecular complexity index is 714. The van der Waals surface area contributed by atoms with Crippen molar-refractivity contribution in [3.8, 4) is 5.69 Å². The molecule has 22 heavy (non-hydrogen) atoms. The topological polar surface area (TPSA) is 88.3 Å². The van der Waals surface area contributed by atoms with Crippen LogP contribution < -0.4 is 0 Å². The van der Waals surface area contributed by atoms with E-state index in [4.69, 9.17) is 16.7 Å². The molecule has 2 rings (SSSR count). The quantitative estimate of drug-likeness (QED) is 0.904. The van der Waals surface area contributed by atoms with E-state index in [-0.39, 0.29) is 5.69 Å². The Morgan fingerprint density at radius 3 is 2.73 bits per heavy atom. The minimum Gasteiger partial charge on any atom is -0.480 e. The van der Waals surface area contributed by atoms with Crippen LogP contribution in [0.4, 0.5) is 0 Å². The summed E-state index contributed by atoms with van der Waals surface area (Å²) in [6, 6.07) is 7.02. The number of rotatable bonds is 5. The van der Waals surface area contributed by atoms with Crippen molar-refractivity contribution in [1.82, 2.24) is 19.9 Å². The SMILES string of the molecule is CCc1c(C(=O)N(C)CC(=O)O)nnn1-c1cccc(Cl)c1. The molecule has 0 saturated heterocycles. The number of likely N-dealkylation sites (N-methyl/N-ethyl adjacent to an activating group) is 1. The van der Waals surface area contributed by atoms with Gasteiger partial charge in [0.2, 0.25) is 0 Å². The molecule has 0 aliphatic rings. The van der Waals surface area contributed by atoms with Gasteiger partial charge in [-0.05, 0) is 24.6 Å². The molecule has 7 nitrogen and oxygen atoms in total. The highest BCUT2D eigenvalue weighted by molar-refractivity contribution is 6.30. The third kappa shape index (κ3) is 3.25. The maximum atomic E-state index is 12.3. The largest absolute Gasteiger partial charge is 0.480 e. The van der Waals surface area contributed by atoms with Gasteiger partial charge >= 0.3 is 5.97 Å². The zero-order valence-electron chi connectivity index (χ0n) is 12.2. The van der Waals surface area contributed by atoms with Crippen molar-refractivity contribution >= 4 is 23.5 Å². The number of carbonyl (C=O) groups is 2. The molecule has 0 saturated carbocycles. The van der Waals surface area contributed by atoms with Gasteiger partial charge in [-0.1, -0.05) is 29.8 Å². The minimum atomic E-state index is -1.09. The van der Waals surface area contributed by atoms with Gasteiger partial charge in [-0.3, -0.25) is 9.59 Å². The van der Waals surface area contributed by atoms with Crippen LogP contribution in [0.15, 0.2) is 24.3 Å². The van der Waals surface area contributed by atoms with E-state index in [0.717, 1.165) is 4.90 Å². The number of carboxylic acid groups (broad SMARTS) is 1. The second-order valence-corrected chi connectivity index (χ2v) is 5.12. The molecule has 0 aliphatic carbocycles. The number of hydrogen-bond donors (Lipinski definition) is 1. The van der Waals surface area contributed by atoms with Gasteiger partial charge in [0.1, 0.15) is 6.54 Å². The van der Waals surface area contributed by atoms with Crippen molar-refractivity contribution in [2.24, 2.45) is 0 Å². The summed E-state index contributed by atoms with van der Waals surface area (Å²) < 4.78 is 1.54. The predicted molar refractivity (Wildman–Crippen MR) is 80.3 cm³/mol. The van der Waals surface area contributed by atoms with Gasteiger partial charge in [-0.25, -0.2) is 4.68 Å². The van der Waals surface area contributed by atoms with Crippen LogP contribution >= 0.6 is 11.6 Å². The van der Waals surface area contributed by atoms with Crippen molar-refractivity contribution in [3.63, 3.8) is 0 Å².